The lowest BCUT2D eigenvalue weighted by Gasteiger charge is -2.13. The summed E-state index contributed by atoms with van der Waals surface area (Å²) in [6.45, 7) is 3.65. The van der Waals surface area contributed by atoms with Gasteiger partial charge < -0.3 is 4.74 Å². The van der Waals surface area contributed by atoms with E-state index in [1.54, 1.807) is 43.3 Å². The predicted molar refractivity (Wildman–Crippen MR) is 74.0 cm³/mol. The van der Waals surface area contributed by atoms with E-state index >= 15 is 0 Å². The van der Waals surface area contributed by atoms with Gasteiger partial charge in [-0.15, -0.1) is 0 Å². The largest absolute Gasteiger partial charge is 0.454 e. The molecule has 0 N–H and O–H groups in total. The quantitative estimate of drug-likeness (QED) is 0.800. The Bertz CT molecular complexity index is 640. The minimum Gasteiger partial charge on any atom is -0.454 e. The Kier molecular flexibility index (Phi) is 4.11. The van der Waals surface area contributed by atoms with Gasteiger partial charge in [-0.1, -0.05) is 12.1 Å². The van der Waals surface area contributed by atoms with Crippen LogP contribution in [0.15, 0.2) is 42.6 Å². The molecule has 0 saturated carbocycles. The summed E-state index contributed by atoms with van der Waals surface area (Å²) in [6, 6.07) is 12.5. The van der Waals surface area contributed by atoms with Gasteiger partial charge in [0.1, 0.15) is 6.10 Å². The lowest BCUT2D eigenvalue weighted by Crippen LogP contribution is -2.09. The number of aromatic nitrogens is 1. The number of ether oxygens (including phenoxy) is 1. The SMILES string of the molecule is Cc1ccc(C(=O)O[C@@H](C)c2ccc(C#N)cc2)cn1. The molecule has 1 heterocycles. The van der Waals surface area contributed by atoms with E-state index in [4.69, 9.17) is 10.00 Å². The Morgan fingerprint density at radius 2 is 1.95 bits per heavy atom. The molecule has 4 nitrogen and oxygen atoms in total. The Hall–Kier alpha value is -2.67. The van der Waals surface area contributed by atoms with Crippen LogP contribution in [-0.2, 0) is 4.74 Å². The van der Waals surface area contributed by atoms with Crippen molar-refractivity contribution in [3.05, 3.63) is 65.0 Å². The zero-order valence-electron chi connectivity index (χ0n) is 11.3. The molecule has 100 valence electrons. The fourth-order valence-electron chi connectivity index (χ4n) is 1.71. The number of aryl methyl sites for hydroxylation is 1. The van der Waals surface area contributed by atoms with Crippen molar-refractivity contribution in [2.75, 3.05) is 0 Å². The highest BCUT2D eigenvalue weighted by atomic mass is 16.5. The van der Waals surface area contributed by atoms with Gasteiger partial charge in [0.05, 0.1) is 17.2 Å². The Balaban J connectivity index is 2.06. The van der Waals surface area contributed by atoms with E-state index in [2.05, 4.69) is 4.98 Å². The maximum Gasteiger partial charge on any atom is 0.340 e. The van der Waals surface area contributed by atoms with Gasteiger partial charge in [0.25, 0.3) is 0 Å². The van der Waals surface area contributed by atoms with E-state index in [9.17, 15) is 4.79 Å². The number of esters is 1. The number of carbonyl (C=O) groups excluding carboxylic acids is 1. The van der Waals surface area contributed by atoms with Crippen LogP contribution in [0.4, 0.5) is 0 Å². The molecule has 20 heavy (non-hydrogen) atoms. The highest BCUT2D eigenvalue weighted by Gasteiger charge is 2.13. The summed E-state index contributed by atoms with van der Waals surface area (Å²) < 4.78 is 5.37. The van der Waals surface area contributed by atoms with Crippen LogP contribution >= 0.6 is 0 Å². The fourth-order valence-corrected chi connectivity index (χ4v) is 1.71. The van der Waals surface area contributed by atoms with Crippen LogP contribution in [0.1, 0.15) is 40.2 Å². The number of carbonyl (C=O) groups is 1. The van der Waals surface area contributed by atoms with Crippen LogP contribution in [0.5, 0.6) is 0 Å². The fraction of sp³-hybridized carbons (Fsp3) is 0.188. The van der Waals surface area contributed by atoms with Gasteiger partial charge in [-0.2, -0.15) is 5.26 Å². The third kappa shape index (κ3) is 3.21. The molecule has 0 aliphatic heterocycles. The number of benzene rings is 1. The summed E-state index contributed by atoms with van der Waals surface area (Å²) >= 11 is 0. The van der Waals surface area contributed by atoms with Gasteiger partial charge in [0, 0.05) is 11.9 Å². The average Bonchev–Trinajstić information content (AvgIpc) is 2.48. The molecular weight excluding hydrogens is 252 g/mol. The summed E-state index contributed by atoms with van der Waals surface area (Å²) in [5.41, 5.74) is 2.70. The minimum absolute atomic E-state index is 0.378. The molecule has 1 aromatic heterocycles. The van der Waals surface area contributed by atoms with E-state index < -0.39 is 5.97 Å². The zero-order chi connectivity index (χ0) is 14.5. The Morgan fingerprint density at radius 1 is 1.25 bits per heavy atom. The smallest absolute Gasteiger partial charge is 0.340 e. The Morgan fingerprint density at radius 3 is 2.50 bits per heavy atom. The van der Waals surface area contributed by atoms with E-state index in [1.165, 1.54) is 6.20 Å². The zero-order valence-corrected chi connectivity index (χ0v) is 11.3. The van der Waals surface area contributed by atoms with Gasteiger partial charge in [-0.05, 0) is 43.7 Å². The number of hydrogen-bond acceptors (Lipinski definition) is 4. The first kappa shape index (κ1) is 13.8. The molecule has 0 radical (unpaired) electrons. The summed E-state index contributed by atoms with van der Waals surface area (Å²) in [5, 5.41) is 8.74. The topological polar surface area (TPSA) is 63.0 Å². The number of nitrogens with zero attached hydrogens (tertiary/aromatic N) is 2. The van der Waals surface area contributed by atoms with Crippen molar-refractivity contribution in [1.29, 1.82) is 5.26 Å². The molecule has 1 aromatic carbocycles. The normalized spacial score (nSPS) is 11.4. The molecule has 0 aliphatic rings. The van der Waals surface area contributed by atoms with Crippen LogP contribution in [0.3, 0.4) is 0 Å². The second-order valence-corrected chi connectivity index (χ2v) is 4.47. The predicted octanol–water partition coefficient (Wildman–Crippen LogP) is 3.18. The summed E-state index contributed by atoms with van der Waals surface area (Å²) in [7, 11) is 0. The maximum absolute atomic E-state index is 11.9. The monoisotopic (exact) mass is 266 g/mol. The first-order valence-electron chi connectivity index (χ1n) is 6.24. The summed E-state index contributed by atoms with van der Waals surface area (Å²) in [4.78, 5) is 16.0. The lowest BCUT2D eigenvalue weighted by atomic mass is 10.1. The molecule has 0 bridgehead atoms. The van der Waals surface area contributed by atoms with Crippen molar-refractivity contribution in [3.63, 3.8) is 0 Å². The van der Waals surface area contributed by atoms with Crippen molar-refractivity contribution in [2.45, 2.75) is 20.0 Å². The molecule has 4 heteroatoms. The van der Waals surface area contributed by atoms with Crippen molar-refractivity contribution < 1.29 is 9.53 Å². The van der Waals surface area contributed by atoms with Crippen molar-refractivity contribution in [3.8, 4) is 6.07 Å². The molecule has 0 aliphatic carbocycles. The average molecular weight is 266 g/mol. The number of nitriles is 1. The molecule has 0 fully saturated rings. The summed E-state index contributed by atoms with van der Waals surface area (Å²) in [5.74, 6) is -0.408. The van der Waals surface area contributed by atoms with E-state index in [0.29, 0.717) is 11.1 Å². The van der Waals surface area contributed by atoms with Crippen LogP contribution < -0.4 is 0 Å². The molecular formula is C16H14N2O2. The summed E-state index contributed by atoms with van der Waals surface area (Å²) in [6.07, 6.45) is 1.12. The van der Waals surface area contributed by atoms with Crippen molar-refractivity contribution in [2.24, 2.45) is 0 Å². The Labute approximate surface area is 117 Å². The van der Waals surface area contributed by atoms with Crippen LogP contribution in [0.2, 0.25) is 0 Å². The molecule has 2 rings (SSSR count). The van der Waals surface area contributed by atoms with Gasteiger partial charge >= 0.3 is 5.97 Å². The van der Waals surface area contributed by atoms with Gasteiger partial charge in [-0.25, -0.2) is 4.79 Å². The van der Waals surface area contributed by atoms with Gasteiger partial charge in [-0.3, -0.25) is 4.98 Å². The van der Waals surface area contributed by atoms with Crippen LogP contribution in [0.25, 0.3) is 0 Å². The molecule has 0 amide bonds. The first-order chi connectivity index (χ1) is 9.60. The second-order valence-electron chi connectivity index (χ2n) is 4.47. The van der Waals surface area contributed by atoms with Gasteiger partial charge in [0.2, 0.25) is 0 Å². The molecule has 1 atom stereocenters. The maximum atomic E-state index is 11.9. The second kappa shape index (κ2) is 5.98. The highest BCUT2D eigenvalue weighted by Crippen LogP contribution is 2.19. The lowest BCUT2D eigenvalue weighted by molar-refractivity contribution is 0.0337. The number of hydrogen-bond donors (Lipinski definition) is 0. The standard InChI is InChI=1S/C16H14N2O2/c1-11-3-6-15(10-18-11)16(19)20-12(2)14-7-4-13(9-17)5-8-14/h3-8,10,12H,1-2H3/t12-/m0/s1. The van der Waals surface area contributed by atoms with E-state index in [-0.39, 0.29) is 6.10 Å². The van der Waals surface area contributed by atoms with Crippen molar-refractivity contribution in [1.82, 2.24) is 4.98 Å². The minimum atomic E-state index is -0.408. The third-order valence-corrected chi connectivity index (χ3v) is 2.94. The van der Waals surface area contributed by atoms with E-state index in [1.807, 2.05) is 13.0 Å². The number of pyridine rings is 1. The molecule has 0 unspecified atom stereocenters. The molecule has 0 spiro atoms. The molecule has 2 aromatic rings. The number of rotatable bonds is 3. The van der Waals surface area contributed by atoms with E-state index in [0.717, 1.165) is 11.3 Å². The van der Waals surface area contributed by atoms with Crippen molar-refractivity contribution >= 4 is 5.97 Å². The highest BCUT2D eigenvalue weighted by molar-refractivity contribution is 5.89. The van der Waals surface area contributed by atoms with Crippen LogP contribution in [-0.4, -0.2) is 11.0 Å². The van der Waals surface area contributed by atoms with Gasteiger partial charge in [0.15, 0.2) is 0 Å². The van der Waals surface area contributed by atoms with Crippen LogP contribution in [0, 0.1) is 18.3 Å². The third-order valence-electron chi connectivity index (χ3n) is 2.94. The molecule has 0 saturated heterocycles. The first-order valence-corrected chi connectivity index (χ1v) is 6.24.